The summed E-state index contributed by atoms with van der Waals surface area (Å²) in [6, 6.07) is 14.2. The highest BCUT2D eigenvalue weighted by molar-refractivity contribution is 6.09. The Bertz CT molecular complexity index is 1330. The third kappa shape index (κ3) is 4.88. The number of hydrogen-bond donors (Lipinski definition) is 2. The summed E-state index contributed by atoms with van der Waals surface area (Å²) in [5.74, 6) is 1.00. The molecule has 3 fully saturated rings. The van der Waals surface area contributed by atoms with Gasteiger partial charge in [0.2, 0.25) is 5.91 Å². The molecular formula is C28H36N8O2. The van der Waals surface area contributed by atoms with E-state index >= 15 is 0 Å². The number of imide groups is 1. The van der Waals surface area contributed by atoms with Crippen molar-refractivity contribution in [2.75, 3.05) is 72.8 Å². The van der Waals surface area contributed by atoms with E-state index < -0.39 is 6.03 Å². The van der Waals surface area contributed by atoms with Gasteiger partial charge in [0.1, 0.15) is 0 Å². The molecule has 0 bridgehead atoms. The summed E-state index contributed by atoms with van der Waals surface area (Å²) in [7, 11) is 1.91. The molecular weight excluding hydrogens is 480 g/mol. The Morgan fingerprint density at radius 3 is 2.47 bits per heavy atom. The number of nitrogens with zero attached hydrogens (tertiary/aromatic N) is 6. The van der Waals surface area contributed by atoms with E-state index in [-0.39, 0.29) is 12.3 Å². The number of nitrogens with two attached hydrogens (primary N) is 1. The standard InChI is InChI=1S/C28H36N8O2/c1-32-25-17-23(8-9-24(25)27(31-32)36-12-10-26(37)30-28(36)38)35-11-2-3-20(19-35)18-33-13-15-34(16-14-33)22-6-4-21(29)5-7-22/h4-9,17,20H,2-3,10-16,18-19,29H2,1H3,(H,30,37,38). The van der Waals surface area contributed by atoms with Crippen LogP contribution >= 0.6 is 0 Å². The molecule has 10 nitrogen and oxygen atoms in total. The summed E-state index contributed by atoms with van der Waals surface area (Å²) in [4.78, 5) is 33.1. The lowest BCUT2D eigenvalue weighted by Crippen LogP contribution is -2.49. The maximum Gasteiger partial charge on any atom is 0.329 e. The van der Waals surface area contributed by atoms with Gasteiger partial charge in [-0.15, -0.1) is 0 Å². The number of hydrogen-bond acceptors (Lipinski definition) is 7. The molecule has 1 unspecified atom stereocenters. The second-order valence-electron chi connectivity index (χ2n) is 10.7. The number of rotatable bonds is 5. The fraction of sp³-hybridized carbons (Fsp3) is 0.464. The average Bonchev–Trinajstić information content (AvgIpc) is 3.25. The lowest BCUT2D eigenvalue weighted by Gasteiger charge is -2.40. The van der Waals surface area contributed by atoms with Gasteiger partial charge >= 0.3 is 6.03 Å². The van der Waals surface area contributed by atoms with Crippen molar-refractivity contribution >= 4 is 45.7 Å². The van der Waals surface area contributed by atoms with Gasteiger partial charge in [-0.25, -0.2) is 4.79 Å². The molecule has 0 radical (unpaired) electrons. The third-order valence-electron chi connectivity index (χ3n) is 8.16. The van der Waals surface area contributed by atoms with Crippen LogP contribution in [0.25, 0.3) is 10.9 Å². The molecule has 0 aliphatic carbocycles. The lowest BCUT2D eigenvalue weighted by molar-refractivity contribution is -0.120. The summed E-state index contributed by atoms with van der Waals surface area (Å²) in [6.07, 6.45) is 2.73. The Labute approximate surface area is 222 Å². The van der Waals surface area contributed by atoms with Gasteiger partial charge in [-0.1, -0.05) is 0 Å². The third-order valence-corrected chi connectivity index (χ3v) is 8.16. The molecule has 0 spiro atoms. The lowest BCUT2D eigenvalue weighted by atomic mass is 9.96. The first kappa shape index (κ1) is 24.5. The van der Waals surface area contributed by atoms with Crippen LogP contribution in [0.4, 0.5) is 27.7 Å². The summed E-state index contributed by atoms with van der Waals surface area (Å²) in [5.41, 5.74) is 10.1. The highest BCUT2D eigenvalue weighted by Gasteiger charge is 2.29. The second-order valence-corrected chi connectivity index (χ2v) is 10.7. The number of aryl methyl sites for hydroxylation is 1. The number of nitrogen functional groups attached to an aromatic ring is 1. The Balaban J connectivity index is 1.10. The minimum Gasteiger partial charge on any atom is -0.399 e. The highest BCUT2D eigenvalue weighted by atomic mass is 16.2. The van der Waals surface area contributed by atoms with E-state index in [9.17, 15) is 9.59 Å². The van der Waals surface area contributed by atoms with Crippen LogP contribution in [-0.2, 0) is 11.8 Å². The molecule has 200 valence electrons. The van der Waals surface area contributed by atoms with Gasteiger partial charge in [0.15, 0.2) is 5.82 Å². The number of anilines is 4. The number of piperidine rings is 1. The van der Waals surface area contributed by atoms with Crippen LogP contribution in [-0.4, -0.2) is 79.0 Å². The molecule has 0 saturated carbocycles. The molecule has 4 heterocycles. The van der Waals surface area contributed by atoms with E-state index in [2.05, 4.69) is 55.4 Å². The number of benzene rings is 2. The van der Waals surface area contributed by atoms with Crippen LogP contribution in [0.15, 0.2) is 42.5 Å². The second kappa shape index (κ2) is 10.2. The monoisotopic (exact) mass is 516 g/mol. The van der Waals surface area contributed by atoms with Gasteiger partial charge in [-0.2, -0.15) is 5.10 Å². The van der Waals surface area contributed by atoms with Gasteiger partial charge in [0.05, 0.1) is 5.52 Å². The van der Waals surface area contributed by atoms with Crippen molar-refractivity contribution in [3.63, 3.8) is 0 Å². The van der Waals surface area contributed by atoms with Crippen molar-refractivity contribution in [3.05, 3.63) is 42.5 Å². The van der Waals surface area contributed by atoms with Crippen molar-refractivity contribution in [3.8, 4) is 0 Å². The molecule has 10 heteroatoms. The summed E-state index contributed by atoms with van der Waals surface area (Å²) < 4.78 is 1.83. The smallest absolute Gasteiger partial charge is 0.329 e. The zero-order chi connectivity index (χ0) is 26.2. The summed E-state index contributed by atoms with van der Waals surface area (Å²) in [5, 5.41) is 7.95. The fourth-order valence-electron chi connectivity index (χ4n) is 6.08. The number of carbonyl (C=O) groups is 2. The molecule has 3 aromatic rings. The van der Waals surface area contributed by atoms with Gasteiger partial charge < -0.3 is 15.5 Å². The Kier molecular flexibility index (Phi) is 6.57. The zero-order valence-electron chi connectivity index (χ0n) is 22.0. The molecule has 2 aromatic carbocycles. The van der Waals surface area contributed by atoms with Gasteiger partial charge in [0.25, 0.3) is 0 Å². The maximum absolute atomic E-state index is 12.4. The summed E-state index contributed by atoms with van der Waals surface area (Å²) in [6.45, 7) is 7.83. The SMILES string of the molecule is Cn1nc(N2CCC(=O)NC2=O)c2ccc(N3CCCC(CN4CCN(c5ccc(N)cc5)CC4)C3)cc21. The predicted molar refractivity (Wildman–Crippen MR) is 151 cm³/mol. The highest BCUT2D eigenvalue weighted by Crippen LogP contribution is 2.32. The molecule has 3 saturated heterocycles. The summed E-state index contributed by atoms with van der Waals surface area (Å²) >= 11 is 0. The number of aromatic nitrogens is 2. The van der Waals surface area contributed by atoms with E-state index in [0.29, 0.717) is 18.3 Å². The molecule has 1 atom stereocenters. The zero-order valence-corrected chi connectivity index (χ0v) is 22.0. The fourth-order valence-corrected chi connectivity index (χ4v) is 6.08. The Morgan fingerprint density at radius 2 is 1.71 bits per heavy atom. The number of fused-ring (bicyclic) bond motifs is 1. The molecule has 3 N–H and O–H groups in total. The predicted octanol–water partition coefficient (Wildman–Crippen LogP) is 2.64. The number of piperazine rings is 1. The van der Waals surface area contributed by atoms with Gasteiger partial charge in [0, 0.05) is 88.3 Å². The first-order valence-electron chi connectivity index (χ1n) is 13.6. The van der Waals surface area contributed by atoms with E-state index in [0.717, 1.165) is 62.4 Å². The van der Waals surface area contributed by atoms with Crippen LogP contribution in [0.1, 0.15) is 19.3 Å². The number of carbonyl (C=O) groups excluding carboxylic acids is 2. The maximum atomic E-state index is 12.4. The largest absolute Gasteiger partial charge is 0.399 e. The van der Waals surface area contributed by atoms with E-state index in [4.69, 9.17) is 5.73 Å². The average molecular weight is 517 g/mol. The van der Waals surface area contributed by atoms with Crippen molar-refractivity contribution in [2.45, 2.75) is 19.3 Å². The van der Waals surface area contributed by atoms with Crippen LogP contribution < -0.4 is 25.8 Å². The molecule has 3 amide bonds. The number of urea groups is 1. The minimum atomic E-state index is -0.404. The Morgan fingerprint density at radius 1 is 0.947 bits per heavy atom. The van der Waals surface area contributed by atoms with Crippen molar-refractivity contribution in [1.29, 1.82) is 0 Å². The van der Waals surface area contributed by atoms with Crippen molar-refractivity contribution in [1.82, 2.24) is 20.0 Å². The van der Waals surface area contributed by atoms with Crippen molar-refractivity contribution in [2.24, 2.45) is 13.0 Å². The van der Waals surface area contributed by atoms with Gasteiger partial charge in [-0.3, -0.25) is 24.6 Å². The topological polar surface area (TPSA) is 103 Å². The first-order chi connectivity index (χ1) is 18.4. The number of nitrogens with one attached hydrogen (secondary N) is 1. The number of amides is 3. The van der Waals surface area contributed by atoms with Crippen LogP contribution in [0.3, 0.4) is 0 Å². The van der Waals surface area contributed by atoms with Crippen LogP contribution in [0, 0.1) is 5.92 Å². The normalized spacial score (nSPS) is 21.3. The minimum absolute atomic E-state index is 0.239. The van der Waals surface area contributed by atoms with Crippen LogP contribution in [0.2, 0.25) is 0 Å². The van der Waals surface area contributed by atoms with Gasteiger partial charge in [-0.05, 0) is 61.2 Å². The van der Waals surface area contributed by atoms with E-state index in [1.807, 2.05) is 23.9 Å². The van der Waals surface area contributed by atoms with Crippen molar-refractivity contribution < 1.29 is 9.59 Å². The molecule has 1 aromatic heterocycles. The first-order valence-corrected chi connectivity index (χ1v) is 13.6. The molecule has 3 aliphatic rings. The van der Waals surface area contributed by atoms with E-state index in [1.165, 1.54) is 24.2 Å². The van der Waals surface area contributed by atoms with E-state index in [1.54, 1.807) is 4.90 Å². The molecule has 6 rings (SSSR count). The molecule has 38 heavy (non-hydrogen) atoms. The van der Waals surface area contributed by atoms with Crippen LogP contribution in [0.5, 0.6) is 0 Å². The molecule has 3 aliphatic heterocycles. The Hall–Kier alpha value is -3.79. The quantitative estimate of drug-likeness (QED) is 0.503.